The first-order valence-electron chi connectivity index (χ1n) is 9.18. The van der Waals surface area contributed by atoms with Gasteiger partial charge in [0.1, 0.15) is 0 Å². The van der Waals surface area contributed by atoms with Gasteiger partial charge in [-0.1, -0.05) is 11.6 Å². The van der Waals surface area contributed by atoms with Crippen molar-refractivity contribution in [2.24, 2.45) is 5.92 Å². The Hall–Kier alpha value is -1.59. The van der Waals surface area contributed by atoms with Crippen LogP contribution in [0.5, 0.6) is 0 Å². The Labute approximate surface area is 154 Å². The lowest BCUT2D eigenvalue weighted by molar-refractivity contribution is -0.138. The molecule has 0 aromatic heterocycles. The van der Waals surface area contributed by atoms with Gasteiger partial charge in [0.15, 0.2) is 0 Å². The first-order chi connectivity index (χ1) is 12.1. The Morgan fingerprint density at radius 3 is 2.28 bits per heavy atom. The molecule has 25 heavy (non-hydrogen) atoms. The fraction of sp³-hybridized carbons (Fsp3) is 0.579. The molecule has 3 rings (SSSR count). The smallest absolute Gasteiger partial charge is 0.238 e. The largest absolute Gasteiger partial charge is 0.342 e. The molecule has 0 bridgehead atoms. The molecule has 1 aromatic carbocycles. The van der Waals surface area contributed by atoms with E-state index in [2.05, 4.69) is 10.2 Å². The molecule has 0 atom stereocenters. The number of halogens is 1. The molecule has 5 nitrogen and oxygen atoms in total. The number of hydrogen-bond acceptors (Lipinski definition) is 3. The van der Waals surface area contributed by atoms with E-state index in [0.717, 1.165) is 57.5 Å². The SMILES string of the molecule is O=C(CN1CCC(C(=O)N2CCCCC2)CC1)Nc1ccc(Cl)cc1. The first-order valence-corrected chi connectivity index (χ1v) is 9.56. The minimum atomic E-state index is -0.0249. The summed E-state index contributed by atoms with van der Waals surface area (Å²) in [6.45, 7) is 3.81. The van der Waals surface area contributed by atoms with Crippen molar-refractivity contribution in [2.45, 2.75) is 32.1 Å². The third-order valence-electron chi connectivity index (χ3n) is 5.10. The van der Waals surface area contributed by atoms with E-state index in [9.17, 15) is 9.59 Å². The minimum absolute atomic E-state index is 0.0249. The molecule has 2 heterocycles. The number of anilines is 1. The minimum Gasteiger partial charge on any atom is -0.342 e. The molecule has 2 aliphatic heterocycles. The summed E-state index contributed by atoms with van der Waals surface area (Å²) in [4.78, 5) is 28.9. The molecule has 2 amide bonds. The van der Waals surface area contributed by atoms with Gasteiger partial charge in [-0.2, -0.15) is 0 Å². The van der Waals surface area contributed by atoms with Crippen LogP contribution in [0, 0.1) is 5.92 Å². The van der Waals surface area contributed by atoms with E-state index in [4.69, 9.17) is 11.6 Å². The number of benzene rings is 1. The molecule has 1 aromatic rings. The molecule has 0 radical (unpaired) electrons. The number of nitrogens with zero attached hydrogens (tertiary/aromatic N) is 2. The highest BCUT2D eigenvalue weighted by molar-refractivity contribution is 6.30. The van der Waals surface area contributed by atoms with Gasteiger partial charge in [0.25, 0.3) is 0 Å². The maximum absolute atomic E-state index is 12.6. The number of nitrogens with one attached hydrogen (secondary N) is 1. The Kier molecular flexibility index (Phi) is 6.32. The van der Waals surface area contributed by atoms with Crippen molar-refractivity contribution in [3.8, 4) is 0 Å². The first kappa shape index (κ1) is 18.2. The highest BCUT2D eigenvalue weighted by atomic mass is 35.5. The number of rotatable bonds is 4. The molecule has 0 unspecified atom stereocenters. The van der Waals surface area contributed by atoms with Crippen molar-refractivity contribution < 1.29 is 9.59 Å². The van der Waals surface area contributed by atoms with Crippen molar-refractivity contribution in [2.75, 3.05) is 38.0 Å². The summed E-state index contributed by atoms with van der Waals surface area (Å²) < 4.78 is 0. The lowest BCUT2D eigenvalue weighted by Crippen LogP contribution is -2.45. The summed E-state index contributed by atoms with van der Waals surface area (Å²) in [5.41, 5.74) is 0.754. The van der Waals surface area contributed by atoms with E-state index in [0.29, 0.717) is 17.5 Å². The molecule has 1 N–H and O–H groups in total. The summed E-state index contributed by atoms with van der Waals surface area (Å²) in [6.07, 6.45) is 5.21. The van der Waals surface area contributed by atoms with Crippen LogP contribution < -0.4 is 5.32 Å². The van der Waals surface area contributed by atoms with Crippen LogP contribution in [0.25, 0.3) is 0 Å². The van der Waals surface area contributed by atoms with Crippen LogP contribution in [0.4, 0.5) is 5.69 Å². The van der Waals surface area contributed by atoms with Crippen molar-refractivity contribution in [1.82, 2.24) is 9.80 Å². The number of carbonyl (C=O) groups is 2. The van der Waals surface area contributed by atoms with E-state index >= 15 is 0 Å². The van der Waals surface area contributed by atoms with Gasteiger partial charge in [-0.05, 0) is 69.5 Å². The zero-order valence-corrected chi connectivity index (χ0v) is 15.3. The van der Waals surface area contributed by atoms with Crippen molar-refractivity contribution in [1.29, 1.82) is 0 Å². The summed E-state index contributed by atoms with van der Waals surface area (Å²) in [7, 11) is 0. The highest BCUT2D eigenvalue weighted by Gasteiger charge is 2.29. The Morgan fingerprint density at radius 1 is 1.00 bits per heavy atom. The number of hydrogen-bond donors (Lipinski definition) is 1. The summed E-state index contributed by atoms with van der Waals surface area (Å²) in [5.74, 6) is 0.432. The maximum Gasteiger partial charge on any atom is 0.238 e. The van der Waals surface area contributed by atoms with E-state index in [1.807, 2.05) is 4.90 Å². The van der Waals surface area contributed by atoms with E-state index in [1.54, 1.807) is 24.3 Å². The molecule has 136 valence electrons. The molecule has 0 aliphatic carbocycles. The van der Waals surface area contributed by atoms with E-state index in [-0.39, 0.29) is 11.8 Å². The lowest BCUT2D eigenvalue weighted by atomic mass is 9.94. The fourth-order valence-electron chi connectivity index (χ4n) is 3.65. The van der Waals surface area contributed by atoms with Crippen LogP contribution in [0.1, 0.15) is 32.1 Å². The summed E-state index contributed by atoms with van der Waals surface area (Å²) in [6, 6.07) is 7.11. The van der Waals surface area contributed by atoms with Gasteiger partial charge in [-0.15, -0.1) is 0 Å². The topological polar surface area (TPSA) is 52.7 Å². The van der Waals surface area contributed by atoms with Gasteiger partial charge in [0.2, 0.25) is 11.8 Å². The van der Waals surface area contributed by atoms with Gasteiger partial charge in [0, 0.05) is 29.7 Å². The molecule has 6 heteroatoms. The second kappa shape index (κ2) is 8.68. The van der Waals surface area contributed by atoms with Gasteiger partial charge in [-0.3, -0.25) is 14.5 Å². The van der Waals surface area contributed by atoms with Crippen molar-refractivity contribution >= 4 is 29.1 Å². The van der Waals surface area contributed by atoms with Crippen LogP contribution in [0.3, 0.4) is 0 Å². The average molecular weight is 364 g/mol. The van der Waals surface area contributed by atoms with Crippen LogP contribution in [-0.2, 0) is 9.59 Å². The van der Waals surface area contributed by atoms with Crippen LogP contribution in [-0.4, -0.2) is 54.3 Å². The zero-order valence-electron chi connectivity index (χ0n) is 14.5. The number of likely N-dealkylation sites (tertiary alicyclic amines) is 2. The Bertz CT molecular complexity index is 591. The van der Waals surface area contributed by atoms with Gasteiger partial charge < -0.3 is 10.2 Å². The normalized spacial score (nSPS) is 19.6. The molecule has 0 saturated carbocycles. The number of carbonyl (C=O) groups excluding carboxylic acids is 2. The maximum atomic E-state index is 12.6. The van der Waals surface area contributed by atoms with Crippen LogP contribution in [0.15, 0.2) is 24.3 Å². The predicted molar refractivity (Wildman–Crippen MR) is 99.7 cm³/mol. The van der Waals surface area contributed by atoms with E-state index in [1.165, 1.54) is 6.42 Å². The second-order valence-corrected chi connectivity index (χ2v) is 7.43. The monoisotopic (exact) mass is 363 g/mol. The quantitative estimate of drug-likeness (QED) is 0.894. The van der Waals surface area contributed by atoms with Crippen LogP contribution in [0.2, 0.25) is 5.02 Å². The highest BCUT2D eigenvalue weighted by Crippen LogP contribution is 2.22. The van der Waals surface area contributed by atoms with Crippen molar-refractivity contribution in [3.05, 3.63) is 29.3 Å². The number of amides is 2. The Morgan fingerprint density at radius 2 is 1.64 bits per heavy atom. The fourth-order valence-corrected chi connectivity index (χ4v) is 3.77. The van der Waals surface area contributed by atoms with Gasteiger partial charge in [-0.25, -0.2) is 0 Å². The molecule has 2 saturated heterocycles. The molecular formula is C19H26ClN3O2. The van der Waals surface area contributed by atoms with Gasteiger partial charge >= 0.3 is 0 Å². The van der Waals surface area contributed by atoms with Crippen LogP contribution >= 0.6 is 11.6 Å². The van der Waals surface area contributed by atoms with E-state index < -0.39 is 0 Å². The summed E-state index contributed by atoms with van der Waals surface area (Å²) in [5, 5.41) is 3.54. The van der Waals surface area contributed by atoms with Crippen molar-refractivity contribution in [3.63, 3.8) is 0 Å². The zero-order chi connectivity index (χ0) is 17.6. The standard InChI is InChI=1S/C19H26ClN3O2/c20-16-4-6-17(7-5-16)21-18(24)14-22-12-8-15(9-13-22)19(25)23-10-2-1-3-11-23/h4-7,15H,1-3,8-14H2,(H,21,24). The molecule has 2 fully saturated rings. The molecule has 2 aliphatic rings. The molecule has 0 spiro atoms. The third kappa shape index (κ3) is 5.19. The Balaban J connectivity index is 1.41. The summed E-state index contributed by atoms with van der Waals surface area (Å²) >= 11 is 5.85. The van der Waals surface area contributed by atoms with Gasteiger partial charge in [0.05, 0.1) is 6.54 Å². The number of piperidine rings is 2. The predicted octanol–water partition coefficient (Wildman–Crippen LogP) is 3.00. The second-order valence-electron chi connectivity index (χ2n) is 6.99. The molecular weight excluding hydrogens is 338 g/mol. The third-order valence-corrected chi connectivity index (χ3v) is 5.35. The lowest BCUT2D eigenvalue weighted by Gasteiger charge is -2.35. The average Bonchev–Trinajstić information content (AvgIpc) is 2.64.